The highest BCUT2D eigenvalue weighted by Gasteiger charge is 2.15. The van der Waals surface area contributed by atoms with Gasteiger partial charge in [-0.3, -0.25) is 0 Å². The maximum absolute atomic E-state index is 14.5. The van der Waals surface area contributed by atoms with Crippen LogP contribution in [0.25, 0.3) is 23.3 Å². The molecule has 0 aliphatic rings. The molecular formula is C26H23F3O2. The molecule has 0 aromatic heterocycles. The number of aliphatic hydroxyl groups excluding tert-OH is 1. The topological polar surface area (TPSA) is 29.5 Å². The summed E-state index contributed by atoms with van der Waals surface area (Å²) in [6, 6.07) is 14.5. The van der Waals surface area contributed by atoms with E-state index in [9.17, 15) is 18.3 Å². The molecule has 160 valence electrons. The van der Waals surface area contributed by atoms with Gasteiger partial charge in [0.1, 0.15) is 11.6 Å². The number of ether oxygens (including phenoxy) is 1. The third-order valence-corrected chi connectivity index (χ3v) is 4.80. The van der Waals surface area contributed by atoms with Crippen LogP contribution in [0.15, 0.2) is 67.3 Å². The molecule has 0 aliphatic heterocycles. The maximum atomic E-state index is 14.5. The maximum Gasteiger partial charge on any atom is 0.166 e. The van der Waals surface area contributed by atoms with Crippen LogP contribution in [-0.2, 0) is 0 Å². The van der Waals surface area contributed by atoms with E-state index in [1.54, 1.807) is 48.6 Å². The second kappa shape index (κ2) is 10.1. The zero-order valence-electron chi connectivity index (χ0n) is 17.1. The summed E-state index contributed by atoms with van der Waals surface area (Å²) >= 11 is 0. The van der Waals surface area contributed by atoms with Gasteiger partial charge in [0.05, 0.1) is 12.7 Å². The summed E-state index contributed by atoms with van der Waals surface area (Å²) < 4.78 is 48.1. The van der Waals surface area contributed by atoms with Crippen molar-refractivity contribution in [3.05, 3.63) is 101 Å². The van der Waals surface area contributed by atoms with Gasteiger partial charge in [0.15, 0.2) is 11.6 Å². The molecule has 0 bridgehead atoms. The fourth-order valence-electron chi connectivity index (χ4n) is 3.07. The summed E-state index contributed by atoms with van der Waals surface area (Å²) in [4.78, 5) is 0. The lowest BCUT2D eigenvalue weighted by molar-refractivity contribution is 0.192. The number of aliphatic hydroxyl groups is 1. The number of benzene rings is 3. The fraction of sp³-hybridized carbons (Fsp3) is 0.154. The number of hydrogen-bond acceptors (Lipinski definition) is 2. The van der Waals surface area contributed by atoms with E-state index in [0.29, 0.717) is 29.9 Å². The van der Waals surface area contributed by atoms with Crippen molar-refractivity contribution in [1.29, 1.82) is 0 Å². The number of halogens is 3. The normalized spacial score (nSPS) is 12.2. The van der Waals surface area contributed by atoms with Gasteiger partial charge in [-0.25, -0.2) is 13.2 Å². The van der Waals surface area contributed by atoms with E-state index in [1.165, 1.54) is 31.2 Å². The van der Waals surface area contributed by atoms with Crippen LogP contribution < -0.4 is 4.74 Å². The Bertz CT molecular complexity index is 1090. The van der Waals surface area contributed by atoms with Gasteiger partial charge in [-0.2, -0.15) is 0 Å². The molecule has 0 amide bonds. The molecule has 3 aromatic carbocycles. The third kappa shape index (κ3) is 5.44. The molecule has 3 aromatic rings. The van der Waals surface area contributed by atoms with Gasteiger partial charge < -0.3 is 9.84 Å². The lowest BCUT2D eigenvalue weighted by Crippen LogP contribution is -2.00. The van der Waals surface area contributed by atoms with Crippen molar-refractivity contribution in [2.45, 2.75) is 19.4 Å². The molecule has 0 fully saturated rings. The van der Waals surface area contributed by atoms with Crippen molar-refractivity contribution in [2.75, 3.05) is 6.61 Å². The minimum absolute atomic E-state index is 0.0732. The summed E-state index contributed by atoms with van der Waals surface area (Å²) in [5.41, 5.74) is 1.86. The van der Waals surface area contributed by atoms with Gasteiger partial charge in [0.25, 0.3) is 0 Å². The van der Waals surface area contributed by atoms with Crippen molar-refractivity contribution >= 4 is 12.2 Å². The zero-order valence-corrected chi connectivity index (χ0v) is 17.1. The molecular weight excluding hydrogens is 401 g/mol. The van der Waals surface area contributed by atoms with Gasteiger partial charge >= 0.3 is 0 Å². The minimum atomic E-state index is -1.09. The van der Waals surface area contributed by atoms with Crippen LogP contribution in [0, 0.1) is 17.5 Å². The largest absolute Gasteiger partial charge is 0.493 e. The Labute approximate surface area is 179 Å². The molecule has 0 saturated heterocycles. The van der Waals surface area contributed by atoms with Crippen molar-refractivity contribution in [3.8, 4) is 16.9 Å². The van der Waals surface area contributed by atoms with Crippen LogP contribution >= 0.6 is 0 Å². The van der Waals surface area contributed by atoms with Crippen molar-refractivity contribution in [3.63, 3.8) is 0 Å². The Morgan fingerprint density at radius 2 is 1.71 bits per heavy atom. The molecule has 1 unspecified atom stereocenters. The Morgan fingerprint density at radius 1 is 0.968 bits per heavy atom. The SMILES string of the molecule is C=CCCOc1ccc(-c2ccc(/C=C/c3ccc(C(C)O)c(F)c3F)cc2)c(F)c1. The van der Waals surface area contributed by atoms with Crippen LogP contribution in [0.4, 0.5) is 13.2 Å². The van der Waals surface area contributed by atoms with E-state index in [4.69, 9.17) is 4.74 Å². The Balaban J connectivity index is 1.75. The second-order valence-corrected chi connectivity index (χ2v) is 7.07. The number of rotatable bonds is 8. The summed E-state index contributed by atoms with van der Waals surface area (Å²) in [7, 11) is 0. The molecule has 31 heavy (non-hydrogen) atoms. The van der Waals surface area contributed by atoms with Crippen molar-refractivity contribution < 1.29 is 23.0 Å². The first-order valence-electron chi connectivity index (χ1n) is 9.88. The molecule has 0 saturated carbocycles. The lowest BCUT2D eigenvalue weighted by Gasteiger charge is -2.09. The van der Waals surface area contributed by atoms with Crippen LogP contribution in [0.5, 0.6) is 5.75 Å². The molecule has 0 heterocycles. The first kappa shape index (κ1) is 22.4. The summed E-state index contributed by atoms with van der Waals surface area (Å²) in [5.74, 6) is -2.00. The Morgan fingerprint density at radius 3 is 2.35 bits per heavy atom. The van der Waals surface area contributed by atoms with Crippen LogP contribution in [0.1, 0.15) is 36.1 Å². The zero-order chi connectivity index (χ0) is 22.4. The van der Waals surface area contributed by atoms with E-state index in [2.05, 4.69) is 6.58 Å². The fourth-order valence-corrected chi connectivity index (χ4v) is 3.07. The third-order valence-electron chi connectivity index (χ3n) is 4.80. The highest BCUT2D eigenvalue weighted by molar-refractivity contribution is 5.72. The Kier molecular flexibility index (Phi) is 7.32. The highest BCUT2D eigenvalue weighted by Crippen LogP contribution is 2.27. The molecule has 0 radical (unpaired) electrons. The molecule has 0 spiro atoms. The first-order chi connectivity index (χ1) is 14.9. The predicted octanol–water partition coefficient (Wildman–Crippen LogP) is 6.95. The van der Waals surface area contributed by atoms with Crippen molar-refractivity contribution in [1.82, 2.24) is 0 Å². The average molecular weight is 424 g/mol. The Hall–Kier alpha value is -3.31. The molecule has 2 nitrogen and oxygen atoms in total. The van der Waals surface area contributed by atoms with E-state index >= 15 is 0 Å². The van der Waals surface area contributed by atoms with Crippen LogP contribution in [-0.4, -0.2) is 11.7 Å². The highest BCUT2D eigenvalue weighted by atomic mass is 19.2. The lowest BCUT2D eigenvalue weighted by atomic mass is 10.0. The van der Waals surface area contributed by atoms with Gasteiger partial charge in [-0.15, -0.1) is 6.58 Å². The molecule has 0 aliphatic carbocycles. The smallest absolute Gasteiger partial charge is 0.166 e. The molecule has 1 N–H and O–H groups in total. The standard InChI is InChI=1S/C26H23F3O2/c1-3-4-15-31-21-12-14-23(24(27)16-21)19-8-5-18(6-9-19)7-10-20-11-13-22(17(2)30)26(29)25(20)28/h3,5-14,16-17,30H,1,4,15H2,2H3/b10-7+. The summed E-state index contributed by atoms with van der Waals surface area (Å²) in [6.07, 6.45) is 4.41. The monoisotopic (exact) mass is 424 g/mol. The second-order valence-electron chi connectivity index (χ2n) is 7.07. The van der Waals surface area contributed by atoms with Crippen molar-refractivity contribution in [2.24, 2.45) is 0 Å². The van der Waals surface area contributed by atoms with E-state index in [1.807, 2.05) is 0 Å². The summed E-state index contributed by atoms with van der Waals surface area (Å²) in [6.45, 7) is 5.43. The molecule has 3 rings (SSSR count). The number of hydrogen-bond donors (Lipinski definition) is 1. The first-order valence-corrected chi connectivity index (χ1v) is 9.88. The van der Waals surface area contributed by atoms with Crippen LogP contribution in [0.2, 0.25) is 0 Å². The van der Waals surface area contributed by atoms with Gasteiger partial charge in [-0.1, -0.05) is 54.6 Å². The summed E-state index contributed by atoms with van der Waals surface area (Å²) in [5, 5.41) is 9.47. The van der Waals surface area contributed by atoms with Gasteiger partial charge in [-0.05, 0) is 36.6 Å². The van der Waals surface area contributed by atoms with E-state index in [0.717, 1.165) is 5.56 Å². The predicted molar refractivity (Wildman–Crippen MR) is 118 cm³/mol. The van der Waals surface area contributed by atoms with Gasteiger partial charge in [0.2, 0.25) is 0 Å². The molecule has 1 atom stereocenters. The van der Waals surface area contributed by atoms with Gasteiger partial charge in [0, 0.05) is 22.8 Å². The average Bonchev–Trinajstić information content (AvgIpc) is 2.75. The minimum Gasteiger partial charge on any atom is -0.493 e. The van der Waals surface area contributed by atoms with E-state index < -0.39 is 23.6 Å². The molecule has 5 heteroatoms. The van der Waals surface area contributed by atoms with Crippen LogP contribution in [0.3, 0.4) is 0 Å². The van der Waals surface area contributed by atoms with E-state index in [-0.39, 0.29) is 11.1 Å². The quantitative estimate of drug-likeness (QED) is 0.241.